The minimum Gasteiger partial charge on any atom is -0.391 e. The molecule has 11 heteroatoms. The molecule has 0 spiro atoms. The topological polar surface area (TPSA) is 123 Å². The molecule has 1 unspecified atom stereocenters. The number of aliphatic hydroxyl groups is 1. The molecular formula is C22H28FN7O3. The molecule has 176 valence electrons. The predicted molar refractivity (Wildman–Crippen MR) is 123 cm³/mol. The Balaban J connectivity index is 1.65. The third kappa shape index (κ3) is 4.28. The van der Waals surface area contributed by atoms with Gasteiger partial charge in [0.05, 0.1) is 23.8 Å². The highest BCUT2D eigenvalue weighted by atomic mass is 19.1. The molecule has 0 saturated heterocycles. The number of aliphatic hydroxyl groups excluding tert-OH is 1. The first-order valence-electron chi connectivity index (χ1n) is 10.9. The summed E-state index contributed by atoms with van der Waals surface area (Å²) in [5.41, 5.74) is 0.217. The zero-order valence-corrected chi connectivity index (χ0v) is 18.6. The summed E-state index contributed by atoms with van der Waals surface area (Å²) in [6, 6.07) is 2.59. The number of pyridine rings is 1. The van der Waals surface area contributed by atoms with Gasteiger partial charge in [0.25, 0.3) is 11.5 Å². The molecule has 2 heterocycles. The van der Waals surface area contributed by atoms with Crippen molar-refractivity contribution >= 4 is 24.1 Å². The minimum absolute atomic E-state index is 0.192. The molecule has 4 rings (SSSR count). The van der Waals surface area contributed by atoms with E-state index in [9.17, 15) is 19.1 Å². The number of nitrogens with zero attached hydrogens (tertiary/aromatic N) is 4. The first-order valence-corrected chi connectivity index (χ1v) is 10.9. The van der Waals surface area contributed by atoms with Crippen LogP contribution in [0.15, 0.2) is 56.5 Å². The average Bonchev–Trinajstić information content (AvgIpc) is 2.81. The minimum atomic E-state index is -1.05. The van der Waals surface area contributed by atoms with Gasteiger partial charge >= 0.3 is 0 Å². The summed E-state index contributed by atoms with van der Waals surface area (Å²) in [6.07, 6.45) is 4.12. The Morgan fingerprint density at radius 1 is 1.33 bits per heavy atom. The highest BCUT2D eigenvalue weighted by Gasteiger charge is 2.34. The molecule has 0 aromatic carbocycles. The highest BCUT2D eigenvalue weighted by molar-refractivity contribution is 6.06. The van der Waals surface area contributed by atoms with Crippen LogP contribution in [-0.2, 0) is 4.79 Å². The summed E-state index contributed by atoms with van der Waals surface area (Å²) in [7, 11) is 1.68. The van der Waals surface area contributed by atoms with Gasteiger partial charge in [-0.15, -0.1) is 0 Å². The van der Waals surface area contributed by atoms with Gasteiger partial charge in [-0.3, -0.25) is 9.59 Å². The third-order valence-electron chi connectivity index (χ3n) is 6.31. The van der Waals surface area contributed by atoms with Crippen molar-refractivity contribution in [2.24, 2.45) is 10.1 Å². The van der Waals surface area contributed by atoms with Crippen LogP contribution in [0.4, 0.5) is 10.1 Å². The fraction of sp³-hybridized carbons (Fsp3) is 0.455. The van der Waals surface area contributed by atoms with Crippen molar-refractivity contribution < 1.29 is 14.3 Å². The predicted octanol–water partition coefficient (Wildman–Crippen LogP) is 1.19. The van der Waals surface area contributed by atoms with Gasteiger partial charge in [-0.2, -0.15) is 10.1 Å². The summed E-state index contributed by atoms with van der Waals surface area (Å²) < 4.78 is 15.1. The summed E-state index contributed by atoms with van der Waals surface area (Å²) in [6.45, 7) is 5.13. The third-order valence-corrected chi connectivity index (χ3v) is 6.31. The fourth-order valence-electron chi connectivity index (χ4n) is 3.92. The molecule has 2 fully saturated rings. The Labute approximate surface area is 190 Å². The van der Waals surface area contributed by atoms with Crippen LogP contribution in [0, 0.1) is 0 Å². The summed E-state index contributed by atoms with van der Waals surface area (Å²) in [5, 5.41) is 23.9. The van der Waals surface area contributed by atoms with Crippen molar-refractivity contribution in [3.8, 4) is 0 Å². The first kappa shape index (κ1) is 22.7. The molecule has 4 N–H and O–H groups in total. The van der Waals surface area contributed by atoms with E-state index in [1.54, 1.807) is 38.4 Å². The van der Waals surface area contributed by atoms with Crippen molar-refractivity contribution in [3.63, 3.8) is 0 Å². The molecule has 1 aliphatic heterocycles. The number of rotatable bonds is 6. The lowest BCUT2D eigenvalue weighted by Gasteiger charge is -2.34. The first-order chi connectivity index (χ1) is 15.8. The van der Waals surface area contributed by atoms with Crippen LogP contribution in [0.1, 0.15) is 38.6 Å². The normalized spacial score (nSPS) is 27.9. The molecule has 3 aliphatic rings. The number of hydrogen-bond donors (Lipinski definition) is 4. The van der Waals surface area contributed by atoms with E-state index >= 15 is 0 Å². The van der Waals surface area contributed by atoms with Crippen LogP contribution < -0.4 is 21.5 Å². The van der Waals surface area contributed by atoms with Crippen LogP contribution in [-0.4, -0.2) is 58.5 Å². The van der Waals surface area contributed by atoms with Crippen molar-refractivity contribution in [1.29, 1.82) is 0 Å². The molecule has 0 bridgehead atoms. The van der Waals surface area contributed by atoms with Gasteiger partial charge in [-0.25, -0.2) is 9.38 Å². The van der Waals surface area contributed by atoms with E-state index in [2.05, 4.69) is 32.8 Å². The number of hydrazone groups is 1. The molecular weight excluding hydrogens is 429 g/mol. The van der Waals surface area contributed by atoms with Gasteiger partial charge < -0.3 is 25.6 Å². The Kier molecular flexibility index (Phi) is 6.32. The number of carbonyl (C=O) groups excluding carboxylic acids is 1. The lowest BCUT2D eigenvalue weighted by atomic mass is 9.89. The number of alkyl halides is 1. The van der Waals surface area contributed by atoms with Crippen LogP contribution in [0.5, 0.6) is 0 Å². The smallest absolute Gasteiger partial charge is 0.274 e. The number of aliphatic imine (C=N–C) groups is 1. The molecule has 1 aromatic rings. The van der Waals surface area contributed by atoms with Crippen molar-refractivity contribution in [1.82, 2.24) is 20.2 Å². The Morgan fingerprint density at radius 2 is 2.12 bits per heavy atom. The second-order valence-corrected chi connectivity index (χ2v) is 8.32. The Bertz CT molecular complexity index is 1110. The van der Waals surface area contributed by atoms with Gasteiger partial charge in [0.1, 0.15) is 23.5 Å². The average molecular weight is 458 g/mol. The monoisotopic (exact) mass is 457 g/mol. The maximum atomic E-state index is 13.6. The molecule has 1 aromatic heterocycles. The lowest BCUT2D eigenvalue weighted by Crippen LogP contribution is -2.48. The molecule has 1 amide bonds. The van der Waals surface area contributed by atoms with Gasteiger partial charge in [-0.1, -0.05) is 0 Å². The number of amidine groups is 1. The molecule has 33 heavy (non-hydrogen) atoms. The number of nitrogens with one attached hydrogen (secondary N) is 3. The van der Waals surface area contributed by atoms with E-state index < -0.39 is 24.2 Å². The van der Waals surface area contributed by atoms with E-state index in [-0.39, 0.29) is 28.7 Å². The van der Waals surface area contributed by atoms with E-state index in [0.29, 0.717) is 30.9 Å². The Hall–Kier alpha value is -3.47. The van der Waals surface area contributed by atoms with Gasteiger partial charge in [0.2, 0.25) is 0 Å². The molecule has 2 saturated carbocycles. The molecule has 4 atom stereocenters. The standard InChI is InChI=1S/C22H28FN7O3/c1-12(21(32)27-14-7-6-13(14)23)20-28-18(11-19(24-2)30(20)25-3)26-15-5-4-10-29(22(15)33)16-8-9-17(16)31/h4-5,10-11,13-14,16-17,24,31H,3,6-9H2,1-2H3,(H,26,28)(H,27,32)/b20-12+/t13-,14?,16+,17-/m0/s1. The SMILES string of the molecule is C=NN1C(NC)=CC(Nc2cccn([C@@H]3CC[C@@H]3O)c2=O)=N/C1=C(/C)C(=O)NC1CC[C@@H]1F. The maximum absolute atomic E-state index is 13.6. The largest absolute Gasteiger partial charge is 0.391 e. The summed E-state index contributed by atoms with van der Waals surface area (Å²) in [5.74, 6) is 0.518. The zero-order chi connectivity index (χ0) is 23.7. The quantitative estimate of drug-likeness (QED) is 0.376. The van der Waals surface area contributed by atoms with E-state index in [0.717, 1.165) is 6.42 Å². The van der Waals surface area contributed by atoms with Crippen LogP contribution >= 0.6 is 0 Å². The van der Waals surface area contributed by atoms with Gasteiger partial charge in [-0.05, 0) is 44.7 Å². The second-order valence-electron chi connectivity index (χ2n) is 8.32. The second kappa shape index (κ2) is 9.18. The van der Waals surface area contributed by atoms with Gasteiger partial charge in [0.15, 0.2) is 5.82 Å². The van der Waals surface area contributed by atoms with Gasteiger partial charge in [0, 0.05) is 26.0 Å². The van der Waals surface area contributed by atoms with Crippen LogP contribution in [0.25, 0.3) is 0 Å². The molecule has 2 aliphatic carbocycles. The van der Waals surface area contributed by atoms with Crippen molar-refractivity contribution in [3.05, 3.63) is 52.0 Å². The summed E-state index contributed by atoms with van der Waals surface area (Å²) >= 11 is 0. The molecule has 10 nitrogen and oxygen atoms in total. The van der Waals surface area contributed by atoms with E-state index in [1.807, 2.05) is 0 Å². The van der Waals surface area contributed by atoms with E-state index in [1.165, 1.54) is 9.58 Å². The highest BCUT2D eigenvalue weighted by Crippen LogP contribution is 2.31. The van der Waals surface area contributed by atoms with E-state index in [4.69, 9.17) is 0 Å². The summed E-state index contributed by atoms with van der Waals surface area (Å²) in [4.78, 5) is 30.2. The maximum Gasteiger partial charge on any atom is 0.274 e. The number of anilines is 1. The van der Waals surface area contributed by atoms with Crippen molar-refractivity contribution in [2.45, 2.75) is 57.0 Å². The zero-order valence-electron chi connectivity index (χ0n) is 18.6. The molecule has 0 radical (unpaired) electrons. The lowest BCUT2D eigenvalue weighted by molar-refractivity contribution is -0.119. The van der Waals surface area contributed by atoms with Crippen molar-refractivity contribution in [2.75, 3.05) is 12.4 Å². The number of carbonyl (C=O) groups is 1. The number of aromatic nitrogens is 1. The fourth-order valence-corrected chi connectivity index (χ4v) is 3.92. The number of halogens is 1. The Morgan fingerprint density at radius 3 is 2.67 bits per heavy atom. The van der Waals surface area contributed by atoms with Crippen LogP contribution in [0.3, 0.4) is 0 Å². The number of hydrogen-bond acceptors (Lipinski definition) is 8. The number of amides is 1. The van der Waals surface area contributed by atoms with Crippen LogP contribution in [0.2, 0.25) is 0 Å².